The molecule has 30 heavy (non-hydrogen) atoms. The second-order valence-electron chi connectivity index (χ2n) is 7.06. The number of carbonyl (C=O) groups is 1. The molecular weight excluding hydrogens is 422 g/mol. The van der Waals surface area contributed by atoms with E-state index in [0.29, 0.717) is 29.4 Å². The van der Waals surface area contributed by atoms with Crippen LogP contribution in [0.5, 0.6) is 0 Å². The Bertz CT molecular complexity index is 1010. The van der Waals surface area contributed by atoms with Crippen molar-refractivity contribution in [1.29, 1.82) is 0 Å². The van der Waals surface area contributed by atoms with Gasteiger partial charge >= 0.3 is 0 Å². The highest BCUT2D eigenvalue weighted by Gasteiger charge is 2.25. The van der Waals surface area contributed by atoms with Gasteiger partial charge in [-0.1, -0.05) is 16.8 Å². The Morgan fingerprint density at radius 3 is 2.63 bits per heavy atom. The summed E-state index contributed by atoms with van der Waals surface area (Å²) in [5, 5.41) is 5.34. The molecule has 1 saturated heterocycles. The maximum absolute atomic E-state index is 13.2. The normalized spacial score (nSPS) is 14.2. The van der Waals surface area contributed by atoms with Crippen LogP contribution in [0, 0.1) is 13.8 Å². The molecule has 7 nitrogen and oxygen atoms in total. The number of aryl methyl sites for hydroxylation is 2. The first-order chi connectivity index (χ1) is 14.5. The first-order valence-corrected chi connectivity index (χ1v) is 11.0. The molecule has 0 radical (unpaired) electrons. The van der Waals surface area contributed by atoms with Gasteiger partial charge in [-0.3, -0.25) is 4.79 Å². The van der Waals surface area contributed by atoms with E-state index in [9.17, 15) is 4.79 Å². The lowest BCUT2D eigenvalue weighted by molar-refractivity contribution is 0.0742. The van der Waals surface area contributed by atoms with Gasteiger partial charge in [0, 0.05) is 49.9 Å². The molecule has 0 N–H and O–H groups in total. The Morgan fingerprint density at radius 2 is 1.97 bits per heavy atom. The molecular formula is C21H22ClN5O2S. The van der Waals surface area contributed by atoms with Crippen LogP contribution in [0.4, 0.5) is 5.82 Å². The van der Waals surface area contributed by atoms with E-state index in [1.807, 2.05) is 36.9 Å². The number of carbonyl (C=O) groups excluding carboxylic acids is 1. The minimum atomic E-state index is 0.00748. The predicted molar refractivity (Wildman–Crippen MR) is 117 cm³/mol. The average Bonchev–Trinajstić information content (AvgIpc) is 3.10. The standard InChI is InChI=1S/C21H22ClN5O2S/c1-14-18(15(2)29-25-14)13-30-20-17(4-3-7-23-20)21(28)27-10-8-26(9-11-27)19-6-5-16(22)12-24-19/h3-7,12H,8-11,13H2,1-2H3. The summed E-state index contributed by atoms with van der Waals surface area (Å²) in [6, 6.07) is 7.39. The minimum absolute atomic E-state index is 0.00748. The SMILES string of the molecule is Cc1noc(C)c1CSc1ncccc1C(=O)N1CCN(c2ccc(Cl)cn2)CC1. The number of pyridine rings is 2. The Labute approximate surface area is 184 Å². The number of amides is 1. The Morgan fingerprint density at radius 1 is 1.17 bits per heavy atom. The second-order valence-corrected chi connectivity index (χ2v) is 8.46. The van der Waals surface area contributed by atoms with Crippen LogP contribution in [0.2, 0.25) is 5.02 Å². The van der Waals surface area contributed by atoms with Crippen LogP contribution < -0.4 is 4.90 Å². The van der Waals surface area contributed by atoms with Gasteiger partial charge in [0.2, 0.25) is 0 Å². The fraction of sp³-hybridized carbons (Fsp3) is 0.333. The Hall–Kier alpha value is -2.58. The fourth-order valence-corrected chi connectivity index (χ4v) is 4.63. The quantitative estimate of drug-likeness (QED) is 0.552. The lowest BCUT2D eigenvalue weighted by Crippen LogP contribution is -2.49. The van der Waals surface area contributed by atoms with Crippen LogP contribution in [0.3, 0.4) is 0 Å². The Kier molecular flexibility index (Phi) is 6.24. The largest absolute Gasteiger partial charge is 0.361 e. The van der Waals surface area contributed by atoms with Gasteiger partial charge in [0.1, 0.15) is 16.6 Å². The van der Waals surface area contributed by atoms with Crippen molar-refractivity contribution in [2.75, 3.05) is 31.1 Å². The van der Waals surface area contributed by atoms with Crippen molar-refractivity contribution in [2.24, 2.45) is 0 Å². The zero-order valence-electron chi connectivity index (χ0n) is 16.8. The smallest absolute Gasteiger partial charge is 0.256 e. The highest BCUT2D eigenvalue weighted by Crippen LogP contribution is 2.28. The van der Waals surface area contributed by atoms with Crippen LogP contribution in [0.15, 0.2) is 46.2 Å². The molecule has 1 fully saturated rings. The van der Waals surface area contributed by atoms with Crippen molar-refractivity contribution >= 4 is 35.1 Å². The first-order valence-electron chi connectivity index (χ1n) is 9.68. The second kappa shape index (κ2) is 9.06. The van der Waals surface area contributed by atoms with E-state index in [1.54, 1.807) is 18.5 Å². The molecule has 156 valence electrons. The van der Waals surface area contributed by atoms with Gasteiger partial charge in [-0.2, -0.15) is 0 Å². The maximum Gasteiger partial charge on any atom is 0.256 e. The van der Waals surface area contributed by atoms with Crippen molar-refractivity contribution in [2.45, 2.75) is 24.6 Å². The van der Waals surface area contributed by atoms with Crippen LogP contribution in [0.25, 0.3) is 0 Å². The summed E-state index contributed by atoms with van der Waals surface area (Å²) < 4.78 is 5.23. The zero-order valence-corrected chi connectivity index (χ0v) is 18.4. The molecule has 0 bridgehead atoms. The lowest BCUT2D eigenvalue weighted by Gasteiger charge is -2.35. The van der Waals surface area contributed by atoms with Gasteiger partial charge in [0.15, 0.2) is 0 Å². The van der Waals surface area contributed by atoms with E-state index < -0.39 is 0 Å². The van der Waals surface area contributed by atoms with Crippen molar-refractivity contribution in [1.82, 2.24) is 20.0 Å². The average molecular weight is 444 g/mol. The molecule has 4 heterocycles. The summed E-state index contributed by atoms with van der Waals surface area (Å²) in [5.41, 5.74) is 2.55. The summed E-state index contributed by atoms with van der Waals surface area (Å²) in [7, 11) is 0. The third-order valence-electron chi connectivity index (χ3n) is 5.14. The van der Waals surface area contributed by atoms with Gasteiger partial charge < -0.3 is 14.3 Å². The van der Waals surface area contributed by atoms with Gasteiger partial charge in [-0.25, -0.2) is 9.97 Å². The molecule has 9 heteroatoms. The van der Waals surface area contributed by atoms with Gasteiger partial charge in [-0.05, 0) is 38.1 Å². The zero-order chi connectivity index (χ0) is 21.1. The van der Waals surface area contributed by atoms with Gasteiger partial charge in [0.05, 0.1) is 16.3 Å². The number of hydrogen-bond donors (Lipinski definition) is 0. The van der Waals surface area contributed by atoms with Crippen LogP contribution in [-0.4, -0.2) is 52.1 Å². The molecule has 1 amide bonds. The summed E-state index contributed by atoms with van der Waals surface area (Å²) >= 11 is 7.46. The number of piperazine rings is 1. The highest BCUT2D eigenvalue weighted by molar-refractivity contribution is 7.98. The molecule has 3 aromatic rings. The molecule has 0 spiro atoms. The highest BCUT2D eigenvalue weighted by atomic mass is 35.5. The minimum Gasteiger partial charge on any atom is -0.361 e. The van der Waals surface area contributed by atoms with Crippen molar-refractivity contribution in [3.05, 3.63) is 64.3 Å². The number of rotatable bonds is 5. The molecule has 4 rings (SSSR count). The van der Waals surface area contributed by atoms with E-state index in [4.69, 9.17) is 16.1 Å². The monoisotopic (exact) mass is 443 g/mol. The number of thioether (sulfide) groups is 1. The van der Waals surface area contributed by atoms with Crippen LogP contribution in [0.1, 0.15) is 27.4 Å². The molecule has 1 aliphatic rings. The summed E-state index contributed by atoms with van der Waals surface area (Å²) in [6.45, 7) is 6.53. The number of halogens is 1. The molecule has 0 aliphatic carbocycles. The van der Waals surface area contributed by atoms with Crippen LogP contribution >= 0.6 is 23.4 Å². The number of anilines is 1. The van der Waals surface area contributed by atoms with E-state index in [2.05, 4.69) is 20.0 Å². The number of hydrogen-bond acceptors (Lipinski definition) is 7. The molecule has 0 aromatic carbocycles. The molecule has 0 atom stereocenters. The van der Waals surface area contributed by atoms with Gasteiger partial charge in [0.25, 0.3) is 5.91 Å². The van der Waals surface area contributed by atoms with Crippen molar-refractivity contribution < 1.29 is 9.32 Å². The number of nitrogens with zero attached hydrogens (tertiary/aromatic N) is 5. The van der Waals surface area contributed by atoms with E-state index in [1.165, 1.54) is 11.8 Å². The molecule has 0 unspecified atom stereocenters. The molecule has 1 aliphatic heterocycles. The first kappa shape index (κ1) is 20.7. The summed E-state index contributed by atoms with van der Waals surface area (Å²) in [6.07, 6.45) is 3.36. The third-order valence-corrected chi connectivity index (χ3v) is 6.39. The summed E-state index contributed by atoms with van der Waals surface area (Å²) in [5.74, 6) is 2.35. The number of aromatic nitrogens is 3. The van der Waals surface area contributed by atoms with E-state index in [0.717, 1.165) is 41.0 Å². The maximum atomic E-state index is 13.2. The van der Waals surface area contributed by atoms with Crippen molar-refractivity contribution in [3.63, 3.8) is 0 Å². The summed E-state index contributed by atoms with van der Waals surface area (Å²) in [4.78, 5) is 26.1. The van der Waals surface area contributed by atoms with Crippen molar-refractivity contribution in [3.8, 4) is 0 Å². The lowest BCUT2D eigenvalue weighted by atomic mass is 10.2. The molecule has 0 saturated carbocycles. The fourth-order valence-electron chi connectivity index (χ4n) is 3.38. The topological polar surface area (TPSA) is 75.4 Å². The van der Waals surface area contributed by atoms with E-state index in [-0.39, 0.29) is 5.91 Å². The van der Waals surface area contributed by atoms with Gasteiger partial charge in [-0.15, -0.1) is 11.8 Å². The van der Waals surface area contributed by atoms with E-state index >= 15 is 0 Å². The third kappa shape index (κ3) is 4.44. The predicted octanol–water partition coefficient (Wildman–Crippen LogP) is 3.99. The molecule has 3 aromatic heterocycles. The Balaban J connectivity index is 1.42. The van der Waals surface area contributed by atoms with Crippen LogP contribution in [-0.2, 0) is 5.75 Å².